The van der Waals surface area contributed by atoms with E-state index in [2.05, 4.69) is 31.0 Å². The van der Waals surface area contributed by atoms with Gasteiger partial charge in [0.2, 0.25) is 0 Å². The van der Waals surface area contributed by atoms with E-state index in [-0.39, 0.29) is 5.54 Å². The predicted molar refractivity (Wildman–Crippen MR) is 58.7 cm³/mol. The predicted octanol–water partition coefficient (Wildman–Crippen LogP) is 3.43. The third kappa shape index (κ3) is 0.592. The zero-order chi connectivity index (χ0) is 10.5. The third-order valence-corrected chi connectivity index (χ3v) is 6.97. The van der Waals surface area contributed by atoms with Gasteiger partial charge in [0.25, 0.3) is 0 Å². The highest BCUT2D eigenvalue weighted by atomic mass is 15.2. The van der Waals surface area contributed by atoms with Crippen molar-refractivity contribution in [2.45, 2.75) is 58.0 Å². The first-order chi connectivity index (χ1) is 7.03. The average molecular weight is 204 g/mol. The van der Waals surface area contributed by atoms with Crippen LogP contribution in [0, 0.1) is 22.7 Å². The summed E-state index contributed by atoms with van der Waals surface area (Å²) in [5.74, 6) is 1.85. The van der Waals surface area contributed by atoms with Crippen LogP contribution >= 0.6 is 0 Å². The van der Waals surface area contributed by atoms with Crippen LogP contribution in [0.15, 0.2) is 10.2 Å². The lowest BCUT2D eigenvalue weighted by atomic mass is 9.25. The third-order valence-electron chi connectivity index (χ3n) is 6.97. The molecule has 3 aliphatic carbocycles. The zero-order valence-electron chi connectivity index (χ0n) is 9.95. The van der Waals surface area contributed by atoms with Crippen LogP contribution < -0.4 is 0 Å². The van der Waals surface area contributed by atoms with Crippen molar-refractivity contribution in [3.05, 3.63) is 0 Å². The second-order valence-corrected chi connectivity index (χ2v) is 6.89. The van der Waals surface area contributed by atoms with Crippen molar-refractivity contribution in [2.24, 2.45) is 32.9 Å². The maximum absolute atomic E-state index is 4.67. The maximum atomic E-state index is 4.67. The molecule has 3 fully saturated rings. The summed E-state index contributed by atoms with van der Waals surface area (Å²) in [6, 6.07) is 0.579. The van der Waals surface area contributed by atoms with Crippen LogP contribution in [0.1, 0.15) is 46.5 Å². The van der Waals surface area contributed by atoms with Gasteiger partial charge < -0.3 is 0 Å². The molecule has 2 aliphatic heterocycles. The van der Waals surface area contributed by atoms with Crippen LogP contribution in [0.5, 0.6) is 0 Å². The molecule has 0 amide bonds. The molecule has 3 unspecified atom stereocenters. The zero-order valence-corrected chi connectivity index (χ0v) is 9.95. The molecule has 2 heterocycles. The number of fused-ring (bicyclic) bond motifs is 2. The molecule has 0 radical (unpaired) electrons. The van der Waals surface area contributed by atoms with Gasteiger partial charge in [0.15, 0.2) is 0 Å². The molecule has 2 bridgehead atoms. The van der Waals surface area contributed by atoms with E-state index < -0.39 is 0 Å². The van der Waals surface area contributed by atoms with E-state index in [1.165, 1.54) is 25.7 Å². The van der Waals surface area contributed by atoms with Crippen LogP contribution in [-0.4, -0.2) is 11.6 Å². The maximum Gasteiger partial charge on any atom is 0.0850 e. The second kappa shape index (κ2) is 2.03. The second-order valence-electron chi connectivity index (χ2n) is 6.89. The van der Waals surface area contributed by atoms with E-state index in [1.807, 2.05) is 0 Å². The van der Waals surface area contributed by atoms with Gasteiger partial charge in [-0.05, 0) is 49.9 Å². The van der Waals surface area contributed by atoms with Crippen molar-refractivity contribution in [1.82, 2.24) is 0 Å². The van der Waals surface area contributed by atoms with Crippen molar-refractivity contribution >= 4 is 0 Å². The Balaban J connectivity index is 1.91. The van der Waals surface area contributed by atoms with Gasteiger partial charge in [-0.15, -0.1) is 0 Å². The van der Waals surface area contributed by atoms with E-state index in [4.69, 9.17) is 0 Å². The molecule has 5 rings (SSSR count). The van der Waals surface area contributed by atoms with Crippen molar-refractivity contribution in [3.63, 3.8) is 0 Å². The molecular formula is C13H20N2. The van der Waals surface area contributed by atoms with E-state index in [0.717, 1.165) is 11.8 Å². The van der Waals surface area contributed by atoms with Crippen LogP contribution in [0.25, 0.3) is 0 Å². The van der Waals surface area contributed by atoms with E-state index in [1.54, 1.807) is 0 Å². The minimum atomic E-state index is 0.165. The molecule has 0 N–H and O–H groups in total. The Morgan fingerprint density at radius 1 is 1.07 bits per heavy atom. The molecule has 0 aromatic rings. The minimum Gasteiger partial charge on any atom is -0.190 e. The lowest BCUT2D eigenvalue weighted by molar-refractivity contribution is -0.312. The quantitative estimate of drug-likeness (QED) is 0.577. The van der Waals surface area contributed by atoms with Crippen molar-refractivity contribution in [3.8, 4) is 0 Å². The number of hydrogen-bond donors (Lipinski definition) is 0. The molecule has 0 aromatic carbocycles. The number of rotatable bonds is 0. The molecule has 15 heavy (non-hydrogen) atoms. The smallest absolute Gasteiger partial charge is 0.0850 e. The summed E-state index contributed by atoms with van der Waals surface area (Å²) < 4.78 is 0. The molecule has 6 atom stereocenters. The van der Waals surface area contributed by atoms with Crippen molar-refractivity contribution in [1.29, 1.82) is 0 Å². The van der Waals surface area contributed by atoms with Crippen LogP contribution in [0.3, 0.4) is 0 Å². The van der Waals surface area contributed by atoms with Crippen molar-refractivity contribution < 1.29 is 0 Å². The molecule has 0 spiro atoms. The first kappa shape index (κ1) is 8.72. The standard InChI is InChI=1S/C13H20N2/c1-11-6-4-8(11)10-9-5-7-12(2,15-14-9)13(10,11)3/h8-10H,4-7H2,1-3H3/t8?,9?,10?,11-,12-,13-/m1/s1. The van der Waals surface area contributed by atoms with E-state index in [0.29, 0.717) is 16.9 Å². The van der Waals surface area contributed by atoms with Crippen LogP contribution in [0.2, 0.25) is 0 Å². The Bertz CT molecular complexity index is 377. The molecule has 2 heteroatoms. The number of hydrogen-bond acceptors (Lipinski definition) is 2. The van der Waals surface area contributed by atoms with Gasteiger partial charge >= 0.3 is 0 Å². The summed E-state index contributed by atoms with van der Waals surface area (Å²) in [4.78, 5) is 0. The van der Waals surface area contributed by atoms with Crippen molar-refractivity contribution in [2.75, 3.05) is 0 Å². The SMILES string of the molecule is C[C@]12C(C3CC[C@@]1(C)N=N3)C1CC[C@]12C. The fourth-order valence-electron chi connectivity index (χ4n) is 5.63. The summed E-state index contributed by atoms with van der Waals surface area (Å²) in [7, 11) is 0. The first-order valence-corrected chi connectivity index (χ1v) is 6.45. The Kier molecular flexibility index (Phi) is 1.18. The lowest BCUT2D eigenvalue weighted by Gasteiger charge is -2.81. The van der Waals surface area contributed by atoms with Gasteiger partial charge in [-0.1, -0.05) is 13.8 Å². The summed E-state index contributed by atoms with van der Waals surface area (Å²) in [6.45, 7) is 7.38. The van der Waals surface area contributed by atoms with Gasteiger partial charge in [-0.2, -0.15) is 10.2 Å². The lowest BCUT2D eigenvalue weighted by Crippen LogP contribution is -2.79. The Morgan fingerprint density at radius 3 is 2.33 bits per heavy atom. The number of nitrogens with zero attached hydrogens (tertiary/aromatic N) is 2. The fraction of sp³-hybridized carbons (Fsp3) is 1.00. The molecular weight excluding hydrogens is 184 g/mol. The molecule has 0 aromatic heterocycles. The molecule has 0 saturated heterocycles. The Labute approximate surface area is 91.5 Å². The van der Waals surface area contributed by atoms with Gasteiger partial charge in [0.05, 0.1) is 11.6 Å². The summed E-state index contributed by atoms with van der Waals surface area (Å²) in [5, 5.41) is 9.25. The van der Waals surface area contributed by atoms with Gasteiger partial charge in [-0.25, -0.2) is 0 Å². The highest BCUT2D eigenvalue weighted by molar-refractivity contribution is 5.30. The summed E-state index contributed by atoms with van der Waals surface area (Å²) >= 11 is 0. The summed E-state index contributed by atoms with van der Waals surface area (Å²) in [6.07, 6.45) is 5.46. The Morgan fingerprint density at radius 2 is 1.87 bits per heavy atom. The normalized spacial score (nSPS) is 69.1. The highest BCUT2D eigenvalue weighted by Crippen LogP contribution is 2.81. The first-order valence-electron chi connectivity index (χ1n) is 6.45. The topological polar surface area (TPSA) is 24.7 Å². The van der Waals surface area contributed by atoms with Gasteiger partial charge in [0, 0.05) is 5.41 Å². The molecule has 3 saturated carbocycles. The largest absolute Gasteiger partial charge is 0.190 e. The average Bonchev–Trinajstić information content (AvgIpc) is 2.22. The number of azo groups is 1. The fourth-order valence-corrected chi connectivity index (χ4v) is 5.63. The van der Waals surface area contributed by atoms with Gasteiger partial charge in [0.1, 0.15) is 0 Å². The van der Waals surface area contributed by atoms with Gasteiger partial charge in [-0.3, -0.25) is 0 Å². The monoisotopic (exact) mass is 204 g/mol. The summed E-state index contributed by atoms with van der Waals surface area (Å²) in [5.41, 5.74) is 1.23. The van der Waals surface area contributed by atoms with Crippen LogP contribution in [-0.2, 0) is 0 Å². The molecule has 82 valence electrons. The van der Waals surface area contributed by atoms with E-state index >= 15 is 0 Å². The van der Waals surface area contributed by atoms with E-state index in [9.17, 15) is 0 Å². The Hall–Kier alpha value is -0.400. The highest BCUT2D eigenvalue weighted by Gasteiger charge is 2.80. The minimum absolute atomic E-state index is 0.165. The molecule has 2 nitrogen and oxygen atoms in total. The van der Waals surface area contributed by atoms with Crippen LogP contribution in [0.4, 0.5) is 0 Å². The molecule has 5 aliphatic rings.